The molecule has 0 saturated heterocycles. The number of allylic oxidation sites excluding steroid dienone is 1. The zero-order valence-electron chi connectivity index (χ0n) is 9.49. The molecule has 2 rings (SSSR count). The second kappa shape index (κ2) is 4.85. The van der Waals surface area contributed by atoms with Crippen LogP contribution in [0.15, 0.2) is 23.8 Å². The first-order chi connectivity index (χ1) is 7.85. The van der Waals surface area contributed by atoms with Crippen molar-refractivity contribution < 1.29 is 4.74 Å². The first-order valence-corrected chi connectivity index (χ1v) is 5.57. The van der Waals surface area contributed by atoms with Gasteiger partial charge in [-0.2, -0.15) is 5.26 Å². The van der Waals surface area contributed by atoms with Crippen molar-refractivity contribution in [3.05, 3.63) is 34.9 Å². The smallest absolute Gasteiger partial charge is 0.122 e. The van der Waals surface area contributed by atoms with Gasteiger partial charge < -0.3 is 4.74 Å². The summed E-state index contributed by atoms with van der Waals surface area (Å²) in [5.41, 5.74) is 3.97. The Balaban J connectivity index is 2.08. The van der Waals surface area contributed by atoms with Crippen LogP contribution in [0, 0.1) is 11.3 Å². The van der Waals surface area contributed by atoms with Crippen LogP contribution in [0.2, 0.25) is 0 Å². The minimum absolute atomic E-state index is 0.644. The summed E-state index contributed by atoms with van der Waals surface area (Å²) in [7, 11) is 1.71. The van der Waals surface area contributed by atoms with E-state index in [4.69, 9.17) is 10.00 Å². The molecule has 0 bridgehead atoms. The molecule has 0 N–H and O–H groups in total. The molecular formula is C14H15NO. The number of nitrogens with zero attached hydrogens (tertiary/aromatic N) is 1. The second-order valence-corrected chi connectivity index (χ2v) is 4.02. The lowest BCUT2D eigenvalue weighted by atomic mass is 10.1. The van der Waals surface area contributed by atoms with Gasteiger partial charge in [0.05, 0.1) is 13.2 Å². The molecule has 1 aliphatic carbocycles. The maximum atomic E-state index is 8.51. The minimum atomic E-state index is 0.644. The molecule has 1 aromatic rings. The molecule has 0 aliphatic heterocycles. The van der Waals surface area contributed by atoms with Crippen molar-refractivity contribution in [3.63, 3.8) is 0 Å². The fourth-order valence-electron chi connectivity index (χ4n) is 2.15. The topological polar surface area (TPSA) is 33.0 Å². The van der Waals surface area contributed by atoms with Crippen LogP contribution >= 0.6 is 0 Å². The van der Waals surface area contributed by atoms with E-state index in [1.54, 1.807) is 7.11 Å². The number of benzene rings is 1. The summed E-state index contributed by atoms with van der Waals surface area (Å²) in [6, 6.07) is 8.33. The summed E-state index contributed by atoms with van der Waals surface area (Å²) in [5, 5.41) is 8.51. The number of fused-ring (bicyclic) bond motifs is 1. The van der Waals surface area contributed by atoms with Crippen molar-refractivity contribution in [2.45, 2.75) is 25.7 Å². The molecule has 0 heterocycles. The van der Waals surface area contributed by atoms with Crippen molar-refractivity contribution in [2.75, 3.05) is 7.11 Å². The Kier molecular flexibility index (Phi) is 3.26. The Morgan fingerprint density at radius 1 is 1.44 bits per heavy atom. The summed E-state index contributed by atoms with van der Waals surface area (Å²) in [6.45, 7) is 0. The van der Waals surface area contributed by atoms with Crippen LogP contribution in [-0.2, 0) is 6.42 Å². The highest BCUT2D eigenvalue weighted by Crippen LogP contribution is 2.33. The normalized spacial score (nSPS) is 12.9. The largest absolute Gasteiger partial charge is 0.496 e. The van der Waals surface area contributed by atoms with Crippen LogP contribution < -0.4 is 4.74 Å². The van der Waals surface area contributed by atoms with E-state index in [1.807, 2.05) is 12.1 Å². The molecule has 0 spiro atoms. The van der Waals surface area contributed by atoms with E-state index in [0.29, 0.717) is 6.42 Å². The fourth-order valence-corrected chi connectivity index (χ4v) is 2.15. The lowest BCUT2D eigenvalue weighted by molar-refractivity contribution is 0.410. The lowest BCUT2D eigenvalue weighted by Crippen LogP contribution is -1.92. The Bertz CT molecular complexity index is 454. The third-order valence-corrected chi connectivity index (χ3v) is 2.94. The molecule has 0 radical (unpaired) electrons. The van der Waals surface area contributed by atoms with Crippen molar-refractivity contribution in [3.8, 4) is 11.8 Å². The number of rotatable bonds is 4. The molecule has 82 valence electrons. The number of ether oxygens (including phenoxy) is 1. The van der Waals surface area contributed by atoms with Gasteiger partial charge in [-0.1, -0.05) is 23.8 Å². The molecule has 0 unspecified atom stereocenters. The molecule has 2 nitrogen and oxygen atoms in total. The summed E-state index contributed by atoms with van der Waals surface area (Å²) in [4.78, 5) is 0. The quantitative estimate of drug-likeness (QED) is 0.719. The number of nitriles is 1. The Labute approximate surface area is 96.2 Å². The highest BCUT2D eigenvalue weighted by Gasteiger charge is 2.15. The Morgan fingerprint density at radius 2 is 2.31 bits per heavy atom. The molecule has 2 heteroatoms. The van der Waals surface area contributed by atoms with Gasteiger partial charge in [-0.15, -0.1) is 0 Å². The van der Waals surface area contributed by atoms with Gasteiger partial charge in [-0.25, -0.2) is 0 Å². The first kappa shape index (κ1) is 10.8. The Hall–Kier alpha value is -1.75. The van der Waals surface area contributed by atoms with Crippen LogP contribution in [0.4, 0.5) is 0 Å². The fraction of sp³-hybridized carbons (Fsp3) is 0.357. The average Bonchev–Trinajstić information content (AvgIpc) is 2.71. The van der Waals surface area contributed by atoms with E-state index in [-0.39, 0.29) is 0 Å². The molecule has 0 amide bonds. The van der Waals surface area contributed by atoms with Crippen LogP contribution in [-0.4, -0.2) is 7.11 Å². The van der Waals surface area contributed by atoms with Gasteiger partial charge in [0.1, 0.15) is 5.75 Å². The van der Waals surface area contributed by atoms with Crippen LogP contribution in [0.25, 0.3) is 6.08 Å². The van der Waals surface area contributed by atoms with Gasteiger partial charge in [-0.05, 0) is 30.9 Å². The number of methoxy groups -OCH3 is 1. The predicted octanol–water partition coefficient (Wildman–Crippen LogP) is 3.33. The highest BCUT2D eigenvalue weighted by atomic mass is 16.5. The maximum absolute atomic E-state index is 8.51. The van der Waals surface area contributed by atoms with Crippen molar-refractivity contribution in [1.82, 2.24) is 0 Å². The van der Waals surface area contributed by atoms with Gasteiger partial charge in [0.15, 0.2) is 0 Å². The van der Waals surface area contributed by atoms with Crippen molar-refractivity contribution in [2.24, 2.45) is 0 Å². The third kappa shape index (κ3) is 2.09. The predicted molar refractivity (Wildman–Crippen MR) is 64.1 cm³/mol. The van der Waals surface area contributed by atoms with Crippen molar-refractivity contribution in [1.29, 1.82) is 5.26 Å². The van der Waals surface area contributed by atoms with E-state index in [0.717, 1.165) is 25.0 Å². The summed E-state index contributed by atoms with van der Waals surface area (Å²) in [5.74, 6) is 0.976. The molecule has 1 aliphatic rings. The van der Waals surface area contributed by atoms with Crippen LogP contribution in [0.5, 0.6) is 5.75 Å². The van der Waals surface area contributed by atoms with E-state index in [2.05, 4.69) is 18.2 Å². The summed E-state index contributed by atoms with van der Waals surface area (Å²) < 4.78 is 5.35. The standard InChI is InChI=1S/C14H15NO/c1-16-14-7-4-6-12-9-11(10-13(12)14)5-2-3-8-15/h4,6-7,9H,2-3,5,10H2,1H3. The molecule has 1 aromatic carbocycles. The number of hydrogen-bond donors (Lipinski definition) is 0. The second-order valence-electron chi connectivity index (χ2n) is 4.02. The number of hydrogen-bond acceptors (Lipinski definition) is 2. The number of unbranched alkanes of at least 4 members (excludes halogenated alkanes) is 1. The molecule has 0 fully saturated rings. The zero-order valence-corrected chi connectivity index (χ0v) is 9.49. The molecular weight excluding hydrogens is 198 g/mol. The average molecular weight is 213 g/mol. The Morgan fingerprint density at radius 3 is 3.06 bits per heavy atom. The first-order valence-electron chi connectivity index (χ1n) is 5.57. The van der Waals surface area contributed by atoms with Gasteiger partial charge >= 0.3 is 0 Å². The molecule has 0 atom stereocenters. The summed E-state index contributed by atoms with van der Waals surface area (Å²) in [6.07, 6.45) is 5.83. The molecule has 0 aromatic heterocycles. The van der Waals surface area contributed by atoms with E-state index in [1.165, 1.54) is 16.7 Å². The third-order valence-electron chi connectivity index (χ3n) is 2.94. The van der Waals surface area contributed by atoms with E-state index in [9.17, 15) is 0 Å². The highest BCUT2D eigenvalue weighted by molar-refractivity contribution is 5.67. The van der Waals surface area contributed by atoms with Gasteiger partial charge in [-0.3, -0.25) is 0 Å². The monoisotopic (exact) mass is 213 g/mol. The van der Waals surface area contributed by atoms with E-state index >= 15 is 0 Å². The van der Waals surface area contributed by atoms with Crippen molar-refractivity contribution >= 4 is 6.08 Å². The zero-order chi connectivity index (χ0) is 11.4. The lowest BCUT2D eigenvalue weighted by Gasteiger charge is -2.06. The summed E-state index contributed by atoms with van der Waals surface area (Å²) >= 11 is 0. The van der Waals surface area contributed by atoms with Crippen LogP contribution in [0.1, 0.15) is 30.4 Å². The minimum Gasteiger partial charge on any atom is -0.496 e. The van der Waals surface area contributed by atoms with Gasteiger partial charge in [0, 0.05) is 12.0 Å². The molecule has 16 heavy (non-hydrogen) atoms. The van der Waals surface area contributed by atoms with E-state index < -0.39 is 0 Å². The van der Waals surface area contributed by atoms with Gasteiger partial charge in [0.2, 0.25) is 0 Å². The molecule has 0 saturated carbocycles. The maximum Gasteiger partial charge on any atom is 0.122 e. The van der Waals surface area contributed by atoms with Gasteiger partial charge in [0.25, 0.3) is 0 Å². The van der Waals surface area contributed by atoms with Crippen LogP contribution in [0.3, 0.4) is 0 Å². The SMILES string of the molecule is COc1cccc2c1CC(CCCC#N)=C2.